The maximum atomic E-state index is 11.8. The van der Waals surface area contributed by atoms with Gasteiger partial charge in [0.2, 0.25) is 11.7 Å². The van der Waals surface area contributed by atoms with Gasteiger partial charge in [0.05, 0.1) is 12.3 Å². The number of hydrogen-bond acceptors (Lipinski definition) is 4. The van der Waals surface area contributed by atoms with Crippen molar-refractivity contribution >= 4 is 5.97 Å². The van der Waals surface area contributed by atoms with Crippen LogP contribution in [0.5, 0.6) is 0 Å². The summed E-state index contributed by atoms with van der Waals surface area (Å²) in [6.45, 7) is 6.03. The van der Waals surface area contributed by atoms with Gasteiger partial charge in [0, 0.05) is 5.56 Å². The molecule has 4 nitrogen and oxygen atoms in total. The summed E-state index contributed by atoms with van der Waals surface area (Å²) >= 11 is 0. The zero-order valence-electron chi connectivity index (χ0n) is 11.4. The van der Waals surface area contributed by atoms with E-state index in [-0.39, 0.29) is 5.76 Å². The van der Waals surface area contributed by atoms with E-state index in [1.165, 1.54) is 0 Å². The highest BCUT2D eigenvalue weighted by Crippen LogP contribution is 2.23. The molecule has 1 heterocycles. The number of hydrogen-bond donors (Lipinski definition) is 0. The Balaban J connectivity index is 2.38. The van der Waals surface area contributed by atoms with E-state index in [9.17, 15) is 4.79 Å². The zero-order chi connectivity index (χ0) is 13.8. The van der Waals surface area contributed by atoms with Gasteiger partial charge in [-0.2, -0.15) is 0 Å². The molecule has 0 aliphatic rings. The summed E-state index contributed by atoms with van der Waals surface area (Å²) in [5.74, 6) is 0.213. The lowest BCUT2D eigenvalue weighted by Gasteiger charge is -1.98. The van der Waals surface area contributed by atoms with Crippen LogP contribution in [-0.4, -0.2) is 17.6 Å². The van der Waals surface area contributed by atoms with Crippen molar-refractivity contribution in [1.29, 1.82) is 0 Å². The molecule has 0 bridgehead atoms. The number of oxazole rings is 1. The smallest absolute Gasteiger partial charge is 0.376 e. The first-order valence-electron chi connectivity index (χ1n) is 6.39. The van der Waals surface area contributed by atoms with Crippen LogP contribution in [-0.2, 0) is 11.2 Å². The molecule has 0 amide bonds. The molecule has 0 spiro atoms. The van der Waals surface area contributed by atoms with Gasteiger partial charge in [-0.3, -0.25) is 0 Å². The van der Waals surface area contributed by atoms with Gasteiger partial charge in [-0.05, 0) is 32.4 Å². The van der Waals surface area contributed by atoms with Crippen molar-refractivity contribution in [3.05, 3.63) is 41.3 Å². The van der Waals surface area contributed by atoms with Crippen molar-refractivity contribution in [2.45, 2.75) is 27.2 Å². The minimum atomic E-state index is -0.454. The standard InChI is InChI=1S/C15H17NO3/c1-4-12-13(15(17)18-5-2)19-14(16-12)11-8-6-10(3)7-9-11/h6-9H,4-5H2,1-3H3. The van der Waals surface area contributed by atoms with E-state index in [0.29, 0.717) is 24.6 Å². The predicted molar refractivity (Wildman–Crippen MR) is 72.0 cm³/mol. The fraction of sp³-hybridized carbons (Fsp3) is 0.333. The Morgan fingerprint density at radius 3 is 2.53 bits per heavy atom. The van der Waals surface area contributed by atoms with Crippen molar-refractivity contribution in [3.8, 4) is 11.5 Å². The lowest BCUT2D eigenvalue weighted by atomic mass is 10.1. The van der Waals surface area contributed by atoms with Gasteiger partial charge < -0.3 is 9.15 Å². The Morgan fingerprint density at radius 1 is 1.26 bits per heavy atom. The minimum absolute atomic E-state index is 0.208. The van der Waals surface area contributed by atoms with E-state index in [4.69, 9.17) is 9.15 Å². The summed E-state index contributed by atoms with van der Waals surface area (Å²) < 4.78 is 10.5. The molecule has 1 aromatic heterocycles. The fourth-order valence-corrected chi connectivity index (χ4v) is 1.77. The van der Waals surface area contributed by atoms with E-state index >= 15 is 0 Å². The second-order valence-corrected chi connectivity index (χ2v) is 4.23. The molecule has 0 radical (unpaired) electrons. The van der Waals surface area contributed by atoms with Crippen LogP contribution in [0.4, 0.5) is 0 Å². The van der Waals surface area contributed by atoms with Crippen LogP contribution in [0.3, 0.4) is 0 Å². The molecular weight excluding hydrogens is 242 g/mol. The molecule has 2 rings (SSSR count). The fourth-order valence-electron chi connectivity index (χ4n) is 1.77. The van der Waals surface area contributed by atoms with Gasteiger partial charge in [0.1, 0.15) is 0 Å². The Bertz CT molecular complexity index is 570. The second kappa shape index (κ2) is 5.69. The number of esters is 1. The van der Waals surface area contributed by atoms with Crippen LogP contribution in [0.1, 0.15) is 35.7 Å². The average Bonchev–Trinajstić information content (AvgIpc) is 2.84. The van der Waals surface area contributed by atoms with Gasteiger partial charge in [-0.25, -0.2) is 9.78 Å². The quantitative estimate of drug-likeness (QED) is 0.790. The predicted octanol–water partition coefficient (Wildman–Crippen LogP) is 3.39. The van der Waals surface area contributed by atoms with Crippen LogP contribution in [0.15, 0.2) is 28.7 Å². The molecule has 0 fully saturated rings. The Kier molecular flexibility index (Phi) is 4.00. The first-order chi connectivity index (χ1) is 9.15. The number of nitrogens with zero attached hydrogens (tertiary/aromatic N) is 1. The van der Waals surface area contributed by atoms with Gasteiger partial charge in [0.25, 0.3) is 0 Å². The normalized spacial score (nSPS) is 10.5. The molecule has 0 atom stereocenters. The lowest BCUT2D eigenvalue weighted by Crippen LogP contribution is -2.05. The Morgan fingerprint density at radius 2 is 1.95 bits per heavy atom. The molecule has 0 aliphatic heterocycles. The molecule has 19 heavy (non-hydrogen) atoms. The maximum Gasteiger partial charge on any atom is 0.376 e. The summed E-state index contributed by atoms with van der Waals surface area (Å²) in [4.78, 5) is 16.1. The topological polar surface area (TPSA) is 52.3 Å². The Hall–Kier alpha value is -2.10. The highest BCUT2D eigenvalue weighted by Gasteiger charge is 2.20. The summed E-state index contributed by atoms with van der Waals surface area (Å²) in [5, 5.41) is 0. The Labute approximate surface area is 112 Å². The number of carbonyl (C=O) groups is 1. The third-order valence-corrected chi connectivity index (χ3v) is 2.79. The molecule has 0 saturated heterocycles. The summed E-state index contributed by atoms with van der Waals surface area (Å²) in [7, 11) is 0. The van der Waals surface area contributed by atoms with Gasteiger partial charge in [-0.15, -0.1) is 0 Å². The van der Waals surface area contributed by atoms with E-state index < -0.39 is 5.97 Å². The van der Waals surface area contributed by atoms with Gasteiger partial charge >= 0.3 is 5.97 Å². The molecule has 1 aromatic carbocycles. The molecule has 4 heteroatoms. The van der Waals surface area contributed by atoms with Crippen LogP contribution in [0.2, 0.25) is 0 Å². The summed E-state index contributed by atoms with van der Waals surface area (Å²) in [6, 6.07) is 7.81. The highest BCUT2D eigenvalue weighted by molar-refractivity contribution is 5.88. The molecule has 0 unspecified atom stereocenters. The van der Waals surface area contributed by atoms with Gasteiger partial charge in [-0.1, -0.05) is 24.6 Å². The maximum absolute atomic E-state index is 11.8. The number of carbonyl (C=O) groups excluding carboxylic acids is 1. The van der Waals surface area contributed by atoms with Gasteiger partial charge in [0.15, 0.2) is 0 Å². The van der Waals surface area contributed by atoms with Crippen LogP contribution in [0, 0.1) is 6.92 Å². The van der Waals surface area contributed by atoms with Crippen molar-refractivity contribution in [3.63, 3.8) is 0 Å². The molecular formula is C15H17NO3. The molecule has 0 N–H and O–H groups in total. The number of benzene rings is 1. The van der Waals surface area contributed by atoms with E-state index in [2.05, 4.69) is 4.98 Å². The highest BCUT2D eigenvalue weighted by atomic mass is 16.5. The van der Waals surface area contributed by atoms with Crippen LogP contribution < -0.4 is 0 Å². The largest absolute Gasteiger partial charge is 0.460 e. The number of ether oxygens (including phenoxy) is 1. The summed E-state index contributed by atoms with van der Waals surface area (Å²) in [5.41, 5.74) is 2.65. The summed E-state index contributed by atoms with van der Waals surface area (Å²) in [6.07, 6.45) is 0.628. The SMILES string of the molecule is CCOC(=O)c1oc(-c2ccc(C)cc2)nc1CC. The van der Waals surface area contributed by atoms with Crippen molar-refractivity contribution in [2.75, 3.05) is 6.61 Å². The molecule has 100 valence electrons. The molecule has 0 saturated carbocycles. The molecule has 2 aromatic rings. The zero-order valence-corrected chi connectivity index (χ0v) is 11.4. The lowest BCUT2D eigenvalue weighted by molar-refractivity contribution is 0.0489. The van der Waals surface area contributed by atoms with Crippen molar-refractivity contribution in [1.82, 2.24) is 4.98 Å². The van der Waals surface area contributed by atoms with Crippen LogP contribution >= 0.6 is 0 Å². The third kappa shape index (κ3) is 2.84. The molecule has 0 aliphatic carbocycles. The third-order valence-electron chi connectivity index (χ3n) is 2.79. The average molecular weight is 259 g/mol. The van der Waals surface area contributed by atoms with Crippen molar-refractivity contribution < 1.29 is 13.9 Å². The first-order valence-corrected chi connectivity index (χ1v) is 6.39. The number of aromatic nitrogens is 1. The number of aryl methyl sites for hydroxylation is 2. The van der Waals surface area contributed by atoms with Crippen LogP contribution in [0.25, 0.3) is 11.5 Å². The number of rotatable bonds is 4. The monoisotopic (exact) mass is 259 g/mol. The second-order valence-electron chi connectivity index (χ2n) is 4.23. The minimum Gasteiger partial charge on any atom is -0.460 e. The van der Waals surface area contributed by atoms with E-state index in [1.54, 1.807) is 6.92 Å². The van der Waals surface area contributed by atoms with Crippen molar-refractivity contribution in [2.24, 2.45) is 0 Å². The van der Waals surface area contributed by atoms with E-state index in [1.807, 2.05) is 38.1 Å². The first kappa shape index (κ1) is 13.3. The van der Waals surface area contributed by atoms with E-state index in [0.717, 1.165) is 11.1 Å².